The highest BCUT2D eigenvalue weighted by Gasteiger charge is 2.18. The Balaban J connectivity index is 1.20. The van der Waals surface area contributed by atoms with Gasteiger partial charge in [0.25, 0.3) is 5.91 Å². The standard InChI is InChI=1S/C24H25NO5/c26-23(25-13-12-17-6-2-1-3-7-17)15-29-24(27)16-28-18-10-11-22-20(14-18)19-8-4-5-9-21(19)30-22/h1-3,6-7,10-11,14H,4-5,8-9,12-13,15-16H2,(H,25,26). The lowest BCUT2D eigenvalue weighted by molar-refractivity contribution is -0.150. The van der Waals surface area contributed by atoms with E-state index < -0.39 is 5.97 Å². The van der Waals surface area contributed by atoms with Crippen molar-refractivity contribution in [3.63, 3.8) is 0 Å². The maximum absolute atomic E-state index is 11.9. The van der Waals surface area contributed by atoms with E-state index in [9.17, 15) is 9.59 Å². The summed E-state index contributed by atoms with van der Waals surface area (Å²) in [7, 11) is 0. The summed E-state index contributed by atoms with van der Waals surface area (Å²) in [6, 6.07) is 15.4. The van der Waals surface area contributed by atoms with Gasteiger partial charge in [0.15, 0.2) is 13.2 Å². The van der Waals surface area contributed by atoms with Gasteiger partial charge in [0.2, 0.25) is 0 Å². The molecule has 1 heterocycles. The first-order valence-corrected chi connectivity index (χ1v) is 10.3. The summed E-state index contributed by atoms with van der Waals surface area (Å²) in [4.78, 5) is 23.7. The van der Waals surface area contributed by atoms with Crippen LogP contribution in [-0.2, 0) is 33.6 Å². The second-order valence-corrected chi connectivity index (χ2v) is 7.40. The summed E-state index contributed by atoms with van der Waals surface area (Å²) < 4.78 is 16.5. The topological polar surface area (TPSA) is 77.8 Å². The minimum atomic E-state index is -0.581. The van der Waals surface area contributed by atoms with E-state index in [4.69, 9.17) is 13.9 Å². The first-order valence-electron chi connectivity index (χ1n) is 10.3. The van der Waals surface area contributed by atoms with Gasteiger partial charge in [0, 0.05) is 23.9 Å². The molecule has 3 aromatic rings. The Labute approximate surface area is 175 Å². The van der Waals surface area contributed by atoms with Gasteiger partial charge >= 0.3 is 5.97 Å². The minimum Gasteiger partial charge on any atom is -0.482 e. The van der Waals surface area contributed by atoms with Crippen molar-refractivity contribution in [2.45, 2.75) is 32.1 Å². The molecule has 6 heteroatoms. The highest BCUT2D eigenvalue weighted by molar-refractivity contribution is 5.84. The van der Waals surface area contributed by atoms with Gasteiger partial charge in [-0.3, -0.25) is 4.79 Å². The third-order valence-electron chi connectivity index (χ3n) is 5.23. The van der Waals surface area contributed by atoms with E-state index in [0.717, 1.165) is 54.4 Å². The molecular weight excluding hydrogens is 382 g/mol. The van der Waals surface area contributed by atoms with Crippen LogP contribution >= 0.6 is 0 Å². The molecular formula is C24H25NO5. The van der Waals surface area contributed by atoms with Crippen molar-refractivity contribution in [2.75, 3.05) is 19.8 Å². The number of esters is 1. The normalized spacial score (nSPS) is 12.9. The number of rotatable bonds is 8. The van der Waals surface area contributed by atoms with Crippen LogP contribution in [0, 0.1) is 0 Å². The van der Waals surface area contributed by atoms with E-state index >= 15 is 0 Å². The highest BCUT2D eigenvalue weighted by Crippen LogP contribution is 2.33. The smallest absolute Gasteiger partial charge is 0.344 e. The summed E-state index contributed by atoms with van der Waals surface area (Å²) >= 11 is 0. The van der Waals surface area contributed by atoms with Crippen LogP contribution in [-0.4, -0.2) is 31.6 Å². The van der Waals surface area contributed by atoms with E-state index in [1.165, 1.54) is 5.56 Å². The van der Waals surface area contributed by atoms with Crippen molar-refractivity contribution in [3.8, 4) is 5.75 Å². The predicted octanol–water partition coefficient (Wildman–Crippen LogP) is 3.59. The van der Waals surface area contributed by atoms with E-state index in [-0.39, 0.29) is 19.1 Å². The molecule has 0 spiro atoms. The zero-order chi connectivity index (χ0) is 20.8. The number of carbonyl (C=O) groups excluding carboxylic acids is 2. The summed E-state index contributed by atoms with van der Waals surface area (Å²) in [6.45, 7) is -0.0694. The van der Waals surface area contributed by atoms with Crippen molar-refractivity contribution in [3.05, 3.63) is 65.4 Å². The zero-order valence-electron chi connectivity index (χ0n) is 16.8. The number of ether oxygens (including phenoxy) is 2. The monoisotopic (exact) mass is 407 g/mol. The van der Waals surface area contributed by atoms with E-state index in [1.807, 2.05) is 42.5 Å². The molecule has 1 aromatic heterocycles. The Morgan fingerprint density at radius 3 is 2.70 bits per heavy atom. The number of amides is 1. The summed E-state index contributed by atoms with van der Waals surface area (Å²) in [5, 5.41) is 3.79. The number of hydrogen-bond acceptors (Lipinski definition) is 5. The van der Waals surface area contributed by atoms with Gasteiger partial charge in [-0.2, -0.15) is 0 Å². The summed E-state index contributed by atoms with van der Waals surface area (Å²) in [5.41, 5.74) is 3.24. The Hall–Kier alpha value is -3.28. The molecule has 0 bridgehead atoms. The predicted molar refractivity (Wildman–Crippen MR) is 112 cm³/mol. The largest absolute Gasteiger partial charge is 0.482 e. The fourth-order valence-electron chi connectivity index (χ4n) is 3.70. The quantitative estimate of drug-likeness (QED) is 0.578. The molecule has 0 fully saturated rings. The Bertz CT molecular complexity index is 1020. The number of fused-ring (bicyclic) bond motifs is 3. The van der Waals surface area contributed by atoms with Crippen LogP contribution in [0.2, 0.25) is 0 Å². The lowest BCUT2D eigenvalue weighted by atomic mass is 9.96. The van der Waals surface area contributed by atoms with Gasteiger partial charge < -0.3 is 19.2 Å². The van der Waals surface area contributed by atoms with Crippen molar-refractivity contribution >= 4 is 22.8 Å². The Morgan fingerprint density at radius 1 is 1.00 bits per heavy atom. The van der Waals surface area contributed by atoms with Gasteiger partial charge in [-0.25, -0.2) is 4.79 Å². The van der Waals surface area contributed by atoms with Crippen molar-refractivity contribution in [1.82, 2.24) is 5.32 Å². The summed E-state index contributed by atoms with van der Waals surface area (Å²) in [6.07, 6.45) is 5.02. The lowest BCUT2D eigenvalue weighted by Crippen LogP contribution is -2.31. The molecule has 0 atom stereocenters. The molecule has 1 N–H and O–H groups in total. The van der Waals surface area contributed by atoms with Crippen LogP contribution in [0.15, 0.2) is 52.9 Å². The molecule has 0 unspecified atom stereocenters. The van der Waals surface area contributed by atoms with Crippen LogP contribution in [0.5, 0.6) is 5.75 Å². The van der Waals surface area contributed by atoms with Crippen LogP contribution in [0.3, 0.4) is 0 Å². The molecule has 0 saturated carbocycles. The van der Waals surface area contributed by atoms with Crippen LogP contribution in [0.4, 0.5) is 0 Å². The van der Waals surface area contributed by atoms with E-state index in [0.29, 0.717) is 12.3 Å². The number of hydrogen-bond donors (Lipinski definition) is 1. The third kappa shape index (κ3) is 5.00. The van der Waals surface area contributed by atoms with Gasteiger partial charge in [0.1, 0.15) is 17.1 Å². The Morgan fingerprint density at radius 2 is 1.83 bits per heavy atom. The van der Waals surface area contributed by atoms with Crippen molar-refractivity contribution in [1.29, 1.82) is 0 Å². The van der Waals surface area contributed by atoms with Gasteiger partial charge in [-0.15, -0.1) is 0 Å². The molecule has 0 aliphatic heterocycles. The van der Waals surface area contributed by atoms with E-state index in [1.54, 1.807) is 6.07 Å². The second-order valence-electron chi connectivity index (χ2n) is 7.40. The summed E-state index contributed by atoms with van der Waals surface area (Å²) in [5.74, 6) is 0.736. The van der Waals surface area contributed by atoms with Crippen LogP contribution < -0.4 is 10.1 Å². The maximum atomic E-state index is 11.9. The van der Waals surface area contributed by atoms with Crippen molar-refractivity contribution in [2.24, 2.45) is 0 Å². The average Bonchev–Trinajstić information content (AvgIpc) is 3.15. The first-order chi connectivity index (χ1) is 14.7. The highest BCUT2D eigenvalue weighted by atomic mass is 16.6. The third-order valence-corrected chi connectivity index (χ3v) is 5.23. The molecule has 1 amide bonds. The lowest BCUT2D eigenvalue weighted by Gasteiger charge is -2.09. The first kappa shape index (κ1) is 20.0. The molecule has 1 aliphatic carbocycles. The molecule has 4 rings (SSSR count). The number of furan rings is 1. The molecule has 2 aromatic carbocycles. The Kier molecular flexibility index (Phi) is 6.32. The van der Waals surface area contributed by atoms with Gasteiger partial charge in [-0.05, 0) is 49.4 Å². The molecule has 30 heavy (non-hydrogen) atoms. The SMILES string of the molecule is O=C(COC(=O)COc1ccc2oc3c(c2c1)CCCC3)NCCc1ccccc1. The second kappa shape index (κ2) is 9.48. The number of benzene rings is 2. The number of carbonyl (C=O) groups is 2. The minimum absolute atomic E-state index is 0.247. The fraction of sp³-hybridized carbons (Fsp3) is 0.333. The average molecular weight is 407 g/mol. The van der Waals surface area contributed by atoms with Crippen LogP contribution in [0.1, 0.15) is 29.7 Å². The molecule has 1 aliphatic rings. The van der Waals surface area contributed by atoms with Gasteiger partial charge in [-0.1, -0.05) is 30.3 Å². The number of nitrogens with one attached hydrogen (secondary N) is 1. The molecule has 6 nitrogen and oxygen atoms in total. The fourth-order valence-corrected chi connectivity index (χ4v) is 3.70. The molecule has 0 radical (unpaired) electrons. The van der Waals surface area contributed by atoms with Crippen molar-refractivity contribution < 1.29 is 23.5 Å². The molecule has 156 valence electrons. The van der Waals surface area contributed by atoms with Crippen LogP contribution in [0.25, 0.3) is 11.0 Å². The zero-order valence-corrected chi connectivity index (χ0v) is 16.8. The van der Waals surface area contributed by atoms with Gasteiger partial charge in [0.05, 0.1) is 0 Å². The number of aryl methyl sites for hydroxylation is 2. The maximum Gasteiger partial charge on any atom is 0.344 e. The molecule has 0 saturated heterocycles. The van der Waals surface area contributed by atoms with E-state index in [2.05, 4.69) is 5.32 Å².